The van der Waals surface area contributed by atoms with Gasteiger partial charge in [-0.05, 0) is 42.0 Å². The quantitative estimate of drug-likeness (QED) is 0.200. The van der Waals surface area contributed by atoms with Crippen molar-refractivity contribution >= 4 is 23.1 Å². The molecule has 0 bridgehead atoms. The minimum Gasteiger partial charge on any atom is -0.454 e. The Kier molecular flexibility index (Phi) is 7.01. The Hall–Kier alpha value is -4.00. The highest BCUT2D eigenvalue weighted by atomic mass is 16.6. The summed E-state index contributed by atoms with van der Waals surface area (Å²) in [7, 11) is 0. The van der Waals surface area contributed by atoms with E-state index in [1.165, 1.54) is 12.1 Å². The number of nitro benzene ring substituents is 1. The number of hydrogen-bond acceptors (Lipinski definition) is 6. The Bertz CT molecular complexity index is 1190. The zero-order chi connectivity index (χ0) is 24.1. The van der Waals surface area contributed by atoms with Crippen LogP contribution in [0.4, 0.5) is 11.4 Å². The Morgan fingerprint density at radius 2 is 1.68 bits per heavy atom. The second kappa shape index (κ2) is 10.3. The smallest absolute Gasteiger partial charge is 0.338 e. The van der Waals surface area contributed by atoms with Crippen molar-refractivity contribution in [2.75, 3.05) is 24.6 Å². The molecule has 0 amide bonds. The molecule has 1 atom stereocenters. The third-order valence-corrected chi connectivity index (χ3v) is 6.05. The number of esters is 1. The largest absolute Gasteiger partial charge is 0.454 e. The zero-order valence-corrected chi connectivity index (χ0v) is 19.0. The van der Waals surface area contributed by atoms with E-state index in [1.54, 1.807) is 18.2 Å². The van der Waals surface area contributed by atoms with Crippen molar-refractivity contribution in [3.63, 3.8) is 0 Å². The Morgan fingerprint density at radius 1 is 1.00 bits per heavy atom. The number of rotatable bonds is 7. The van der Waals surface area contributed by atoms with Crippen molar-refractivity contribution in [3.05, 3.63) is 94.0 Å². The normalized spacial score (nSPS) is 15.6. The van der Waals surface area contributed by atoms with E-state index >= 15 is 0 Å². The molecule has 7 heteroatoms. The molecule has 1 unspecified atom stereocenters. The predicted molar refractivity (Wildman–Crippen MR) is 130 cm³/mol. The fourth-order valence-electron chi connectivity index (χ4n) is 4.25. The molecule has 1 aliphatic rings. The highest BCUT2D eigenvalue weighted by Crippen LogP contribution is 2.32. The third-order valence-electron chi connectivity index (χ3n) is 6.05. The molecule has 0 spiro atoms. The van der Waals surface area contributed by atoms with Crippen molar-refractivity contribution in [3.8, 4) is 11.1 Å². The molecule has 34 heavy (non-hydrogen) atoms. The standard InChI is InChI=1S/C27H26N2O5/c1-19-6-5-15-28(17-19)24-14-13-23(16-25(24)29(32)33)27(31)34-18-26(30)22-11-9-21(10-12-22)20-7-3-2-4-8-20/h2-4,7-14,16,19H,5-6,15,17-18H2,1H3. The van der Waals surface area contributed by atoms with Crippen LogP contribution in [0.1, 0.15) is 40.5 Å². The lowest BCUT2D eigenvalue weighted by molar-refractivity contribution is -0.384. The van der Waals surface area contributed by atoms with Crippen LogP contribution in [0.5, 0.6) is 0 Å². The number of anilines is 1. The van der Waals surface area contributed by atoms with Gasteiger partial charge in [0.1, 0.15) is 5.69 Å². The van der Waals surface area contributed by atoms with Crippen LogP contribution in [0.25, 0.3) is 11.1 Å². The van der Waals surface area contributed by atoms with Gasteiger partial charge < -0.3 is 9.64 Å². The Balaban J connectivity index is 1.42. The summed E-state index contributed by atoms with van der Waals surface area (Å²) >= 11 is 0. The van der Waals surface area contributed by atoms with Gasteiger partial charge in [0, 0.05) is 24.7 Å². The highest BCUT2D eigenvalue weighted by molar-refractivity contribution is 6.00. The topological polar surface area (TPSA) is 89.8 Å². The number of Topliss-reactive ketones (excluding diaryl/α,β-unsaturated/α-hetero) is 1. The van der Waals surface area contributed by atoms with E-state index in [0.717, 1.165) is 37.1 Å². The average Bonchev–Trinajstić information content (AvgIpc) is 2.87. The maximum Gasteiger partial charge on any atom is 0.338 e. The fraction of sp³-hybridized carbons (Fsp3) is 0.259. The summed E-state index contributed by atoms with van der Waals surface area (Å²) in [4.78, 5) is 38.2. The van der Waals surface area contributed by atoms with Gasteiger partial charge in [0.15, 0.2) is 12.4 Å². The summed E-state index contributed by atoms with van der Waals surface area (Å²) in [5, 5.41) is 11.7. The van der Waals surface area contributed by atoms with Crippen LogP contribution >= 0.6 is 0 Å². The van der Waals surface area contributed by atoms with Crippen molar-refractivity contribution < 1.29 is 19.2 Å². The van der Waals surface area contributed by atoms with Crippen LogP contribution in [-0.2, 0) is 4.74 Å². The fourth-order valence-corrected chi connectivity index (χ4v) is 4.25. The molecule has 3 aromatic carbocycles. The first-order chi connectivity index (χ1) is 16.4. The van der Waals surface area contributed by atoms with Gasteiger partial charge in [-0.2, -0.15) is 0 Å². The number of nitro groups is 1. The van der Waals surface area contributed by atoms with Gasteiger partial charge in [0.05, 0.1) is 10.5 Å². The number of benzene rings is 3. The van der Waals surface area contributed by atoms with Crippen molar-refractivity contribution in [1.29, 1.82) is 0 Å². The van der Waals surface area contributed by atoms with E-state index in [4.69, 9.17) is 4.74 Å². The van der Waals surface area contributed by atoms with E-state index in [0.29, 0.717) is 17.2 Å². The van der Waals surface area contributed by atoms with Crippen LogP contribution in [0, 0.1) is 16.0 Å². The number of nitrogens with zero attached hydrogens (tertiary/aromatic N) is 2. The average molecular weight is 459 g/mol. The summed E-state index contributed by atoms with van der Waals surface area (Å²) in [5.74, 6) is -0.664. The SMILES string of the molecule is CC1CCCN(c2ccc(C(=O)OCC(=O)c3ccc(-c4ccccc4)cc3)cc2[N+](=O)[O-])C1. The summed E-state index contributed by atoms with van der Waals surface area (Å²) in [6, 6.07) is 21.2. The summed E-state index contributed by atoms with van der Waals surface area (Å²) in [6.45, 7) is 3.16. The molecule has 7 nitrogen and oxygen atoms in total. The summed E-state index contributed by atoms with van der Waals surface area (Å²) in [6.07, 6.45) is 2.06. The summed E-state index contributed by atoms with van der Waals surface area (Å²) in [5.41, 5.74) is 2.86. The van der Waals surface area contributed by atoms with Gasteiger partial charge in [0.25, 0.3) is 5.69 Å². The van der Waals surface area contributed by atoms with Gasteiger partial charge in [-0.15, -0.1) is 0 Å². The lowest BCUT2D eigenvalue weighted by Gasteiger charge is -2.32. The van der Waals surface area contributed by atoms with E-state index in [-0.39, 0.29) is 17.0 Å². The molecule has 4 rings (SSSR count). The van der Waals surface area contributed by atoms with Gasteiger partial charge >= 0.3 is 5.97 Å². The number of carbonyl (C=O) groups excluding carboxylic acids is 2. The third kappa shape index (κ3) is 5.31. The number of carbonyl (C=O) groups is 2. The molecular weight excluding hydrogens is 432 g/mol. The van der Waals surface area contributed by atoms with E-state index in [1.807, 2.05) is 47.4 Å². The zero-order valence-electron chi connectivity index (χ0n) is 19.0. The number of ketones is 1. The molecule has 0 aromatic heterocycles. The van der Waals surface area contributed by atoms with Crippen molar-refractivity contribution in [2.24, 2.45) is 5.92 Å². The monoisotopic (exact) mass is 458 g/mol. The summed E-state index contributed by atoms with van der Waals surface area (Å²) < 4.78 is 5.17. The van der Waals surface area contributed by atoms with Crippen LogP contribution in [0.15, 0.2) is 72.8 Å². The van der Waals surface area contributed by atoms with Crippen LogP contribution in [0.2, 0.25) is 0 Å². The maximum atomic E-state index is 12.5. The molecule has 1 heterocycles. The van der Waals surface area contributed by atoms with E-state index < -0.39 is 17.5 Å². The lowest BCUT2D eigenvalue weighted by Crippen LogP contribution is -2.34. The van der Waals surface area contributed by atoms with Crippen LogP contribution in [-0.4, -0.2) is 36.4 Å². The number of ether oxygens (including phenoxy) is 1. The minimum absolute atomic E-state index is 0.0488. The molecule has 0 N–H and O–H groups in total. The molecular formula is C27H26N2O5. The number of piperidine rings is 1. The van der Waals surface area contributed by atoms with E-state index in [2.05, 4.69) is 6.92 Å². The first-order valence-electron chi connectivity index (χ1n) is 11.3. The highest BCUT2D eigenvalue weighted by Gasteiger charge is 2.25. The maximum absolute atomic E-state index is 12.5. The lowest BCUT2D eigenvalue weighted by atomic mass is 9.99. The Labute approximate surface area is 198 Å². The van der Waals surface area contributed by atoms with Gasteiger partial charge in [-0.3, -0.25) is 14.9 Å². The van der Waals surface area contributed by atoms with E-state index in [9.17, 15) is 19.7 Å². The number of hydrogen-bond donors (Lipinski definition) is 0. The molecule has 174 valence electrons. The van der Waals surface area contributed by atoms with Gasteiger partial charge in [0.2, 0.25) is 0 Å². The van der Waals surface area contributed by atoms with Crippen LogP contribution in [0.3, 0.4) is 0 Å². The van der Waals surface area contributed by atoms with Gasteiger partial charge in [-0.1, -0.05) is 61.5 Å². The predicted octanol–water partition coefficient (Wildman–Crippen LogP) is 5.54. The Morgan fingerprint density at radius 3 is 2.35 bits per heavy atom. The van der Waals surface area contributed by atoms with Crippen LogP contribution < -0.4 is 4.90 Å². The molecule has 0 radical (unpaired) electrons. The molecule has 1 fully saturated rings. The van der Waals surface area contributed by atoms with Gasteiger partial charge in [-0.25, -0.2) is 4.79 Å². The molecule has 3 aromatic rings. The minimum atomic E-state index is -0.768. The first-order valence-corrected chi connectivity index (χ1v) is 11.3. The van der Waals surface area contributed by atoms with Crippen molar-refractivity contribution in [1.82, 2.24) is 0 Å². The molecule has 1 aliphatic heterocycles. The first kappa shape index (κ1) is 23.2. The second-order valence-electron chi connectivity index (χ2n) is 8.60. The second-order valence-corrected chi connectivity index (χ2v) is 8.60. The van der Waals surface area contributed by atoms with Crippen molar-refractivity contribution in [2.45, 2.75) is 19.8 Å². The molecule has 0 aliphatic carbocycles. The molecule has 1 saturated heterocycles. The molecule has 0 saturated carbocycles.